The van der Waals surface area contributed by atoms with E-state index in [4.69, 9.17) is 0 Å². The Bertz CT molecular complexity index is 712. The lowest BCUT2D eigenvalue weighted by Gasteiger charge is -2.08. The van der Waals surface area contributed by atoms with Crippen LogP contribution in [0.2, 0.25) is 0 Å². The number of hydrogen-bond donors (Lipinski definition) is 1. The summed E-state index contributed by atoms with van der Waals surface area (Å²) in [6, 6.07) is 8.19. The first kappa shape index (κ1) is 14.3. The number of pyridine rings is 1. The van der Waals surface area contributed by atoms with Crippen LogP contribution in [0.5, 0.6) is 0 Å². The maximum Gasteiger partial charge on any atom is 0.292 e. The summed E-state index contributed by atoms with van der Waals surface area (Å²) in [4.78, 5) is 22.3. The normalized spacial score (nSPS) is 10.3. The average molecular weight is 338 g/mol. The first-order valence-corrected chi connectivity index (χ1v) is 6.62. The zero-order valence-corrected chi connectivity index (χ0v) is 12.3. The maximum absolute atomic E-state index is 11.9. The van der Waals surface area contributed by atoms with E-state index in [-0.39, 0.29) is 11.2 Å². The van der Waals surface area contributed by atoms with E-state index in [1.54, 1.807) is 37.5 Å². The van der Waals surface area contributed by atoms with Gasteiger partial charge in [-0.15, -0.1) is 0 Å². The first-order chi connectivity index (χ1) is 9.52. The number of aromatic nitrogens is 1. The summed E-state index contributed by atoms with van der Waals surface area (Å²) in [6.45, 7) is 0.352. The van der Waals surface area contributed by atoms with Crippen LogP contribution in [0.4, 0.5) is 11.4 Å². The van der Waals surface area contributed by atoms with Crippen molar-refractivity contribution in [1.29, 1.82) is 0 Å². The number of benzene rings is 1. The molecule has 2 aromatic rings. The summed E-state index contributed by atoms with van der Waals surface area (Å²) in [5.74, 6) is 0. The Hall–Kier alpha value is -2.15. The minimum absolute atomic E-state index is 0.0119. The Morgan fingerprint density at radius 2 is 2.15 bits per heavy atom. The van der Waals surface area contributed by atoms with Crippen molar-refractivity contribution in [3.8, 4) is 0 Å². The highest BCUT2D eigenvalue weighted by Gasteiger charge is 2.13. The molecule has 20 heavy (non-hydrogen) atoms. The van der Waals surface area contributed by atoms with Crippen LogP contribution in [0.15, 0.2) is 45.8 Å². The molecule has 2 rings (SSSR count). The standard InChI is InChI=1S/C13H12BrN3O3/c1-15-11-7-9(4-5-12(11)17(19)20)8-16-6-2-3-10(14)13(16)18/h2-7,15H,8H2,1H3. The minimum atomic E-state index is -0.444. The SMILES string of the molecule is CNc1cc(Cn2cccc(Br)c2=O)ccc1[N+](=O)[O-]. The molecule has 1 aromatic heterocycles. The van der Waals surface area contributed by atoms with Gasteiger partial charge in [-0.25, -0.2) is 0 Å². The lowest BCUT2D eigenvalue weighted by atomic mass is 10.1. The zero-order chi connectivity index (χ0) is 14.7. The quantitative estimate of drug-likeness (QED) is 0.687. The molecule has 1 heterocycles. The summed E-state index contributed by atoms with van der Waals surface area (Å²) in [7, 11) is 1.62. The Kier molecular flexibility index (Phi) is 4.19. The van der Waals surface area contributed by atoms with Gasteiger partial charge in [0.2, 0.25) is 0 Å². The van der Waals surface area contributed by atoms with Gasteiger partial charge in [-0.1, -0.05) is 6.07 Å². The lowest BCUT2D eigenvalue weighted by molar-refractivity contribution is -0.383. The number of halogens is 1. The molecule has 0 saturated carbocycles. The average Bonchev–Trinajstić information content (AvgIpc) is 2.43. The van der Waals surface area contributed by atoms with E-state index in [2.05, 4.69) is 21.2 Å². The van der Waals surface area contributed by atoms with Gasteiger partial charge in [0.15, 0.2) is 0 Å². The molecule has 1 N–H and O–H groups in total. The van der Waals surface area contributed by atoms with Gasteiger partial charge in [0.25, 0.3) is 11.2 Å². The molecule has 0 spiro atoms. The number of hydrogen-bond acceptors (Lipinski definition) is 4. The molecule has 0 radical (unpaired) electrons. The molecule has 0 unspecified atom stereocenters. The molecule has 0 aliphatic carbocycles. The van der Waals surface area contributed by atoms with Crippen molar-refractivity contribution in [2.24, 2.45) is 0 Å². The van der Waals surface area contributed by atoms with E-state index in [0.29, 0.717) is 16.7 Å². The van der Waals surface area contributed by atoms with E-state index in [0.717, 1.165) is 5.56 Å². The first-order valence-electron chi connectivity index (χ1n) is 5.83. The van der Waals surface area contributed by atoms with Crippen molar-refractivity contribution >= 4 is 27.3 Å². The third-order valence-electron chi connectivity index (χ3n) is 2.85. The minimum Gasteiger partial charge on any atom is -0.383 e. The van der Waals surface area contributed by atoms with Crippen LogP contribution in [0.25, 0.3) is 0 Å². The van der Waals surface area contributed by atoms with Crippen LogP contribution in [0.3, 0.4) is 0 Å². The molecule has 104 valence electrons. The molecular formula is C13H12BrN3O3. The van der Waals surface area contributed by atoms with Gasteiger partial charge < -0.3 is 9.88 Å². The Morgan fingerprint density at radius 3 is 2.80 bits per heavy atom. The van der Waals surface area contributed by atoms with E-state index in [1.165, 1.54) is 10.6 Å². The molecule has 0 fully saturated rings. The fourth-order valence-electron chi connectivity index (χ4n) is 1.87. The number of nitrogens with zero attached hydrogens (tertiary/aromatic N) is 2. The van der Waals surface area contributed by atoms with Gasteiger partial charge in [0.1, 0.15) is 5.69 Å². The van der Waals surface area contributed by atoms with Crippen molar-refractivity contribution in [1.82, 2.24) is 4.57 Å². The molecule has 0 saturated heterocycles. The van der Waals surface area contributed by atoms with Crippen molar-refractivity contribution in [3.05, 3.63) is 67.0 Å². The van der Waals surface area contributed by atoms with Gasteiger partial charge in [0.05, 0.1) is 15.9 Å². The Balaban J connectivity index is 2.37. The predicted octanol–water partition coefficient (Wildman–Crippen LogP) is 2.61. The summed E-state index contributed by atoms with van der Waals surface area (Å²) in [5, 5.41) is 13.6. The molecule has 0 atom stereocenters. The highest BCUT2D eigenvalue weighted by atomic mass is 79.9. The number of nitro benzene ring substituents is 1. The third kappa shape index (κ3) is 2.88. The van der Waals surface area contributed by atoms with Crippen molar-refractivity contribution in [3.63, 3.8) is 0 Å². The fourth-order valence-corrected chi connectivity index (χ4v) is 2.25. The Morgan fingerprint density at radius 1 is 1.40 bits per heavy atom. The number of nitro groups is 1. The molecule has 0 bridgehead atoms. The molecule has 1 aromatic carbocycles. The van der Waals surface area contributed by atoms with Crippen LogP contribution in [0, 0.1) is 10.1 Å². The number of anilines is 1. The largest absolute Gasteiger partial charge is 0.383 e. The summed E-state index contributed by atoms with van der Waals surface area (Å²) in [6.07, 6.45) is 1.67. The second-order valence-corrected chi connectivity index (χ2v) is 5.00. The van der Waals surface area contributed by atoms with E-state index in [9.17, 15) is 14.9 Å². The highest BCUT2D eigenvalue weighted by molar-refractivity contribution is 9.10. The summed E-state index contributed by atoms with van der Waals surface area (Å²) < 4.78 is 2.01. The van der Waals surface area contributed by atoms with Crippen LogP contribution in [-0.4, -0.2) is 16.5 Å². The summed E-state index contributed by atoms with van der Waals surface area (Å²) >= 11 is 3.18. The number of rotatable bonds is 4. The van der Waals surface area contributed by atoms with Crippen molar-refractivity contribution in [2.45, 2.75) is 6.54 Å². The van der Waals surface area contributed by atoms with Gasteiger partial charge in [-0.3, -0.25) is 14.9 Å². The van der Waals surface area contributed by atoms with Crippen LogP contribution in [-0.2, 0) is 6.54 Å². The van der Waals surface area contributed by atoms with Gasteiger partial charge in [0, 0.05) is 19.3 Å². The Labute approximate surface area is 123 Å². The molecular weight excluding hydrogens is 326 g/mol. The van der Waals surface area contributed by atoms with Crippen molar-refractivity contribution < 1.29 is 4.92 Å². The lowest BCUT2D eigenvalue weighted by Crippen LogP contribution is -2.20. The molecule has 7 heteroatoms. The van der Waals surface area contributed by atoms with Gasteiger partial charge in [-0.2, -0.15) is 0 Å². The van der Waals surface area contributed by atoms with Gasteiger partial charge in [-0.05, 0) is 39.7 Å². The monoisotopic (exact) mass is 337 g/mol. The molecule has 0 amide bonds. The summed E-state index contributed by atoms with van der Waals surface area (Å²) in [5.41, 5.74) is 1.10. The van der Waals surface area contributed by atoms with E-state index in [1.807, 2.05) is 0 Å². The van der Waals surface area contributed by atoms with Crippen LogP contribution >= 0.6 is 15.9 Å². The number of nitrogens with one attached hydrogen (secondary N) is 1. The molecule has 0 aliphatic heterocycles. The predicted molar refractivity (Wildman–Crippen MR) is 80.1 cm³/mol. The zero-order valence-electron chi connectivity index (χ0n) is 10.7. The highest BCUT2D eigenvalue weighted by Crippen LogP contribution is 2.25. The smallest absolute Gasteiger partial charge is 0.292 e. The second kappa shape index (κ2) is 5.87. The van der Waals surface area contributed by atoms with Gasteiger partial charge >= 0.3 is 0 Å². The maximum atomic E-state index is 11.9. The van der Waals surface area contributed by atoms with Crippen LogP contribution < -0.4 is 10.9 Å². The second-order valence-electron chi connectivity index (χ2n) is 4.15. The van der Waals surface area contributed by atoms with E-state index < -0.39 is 4.92 Å². The fraction of sp³-hybridized carbons (Fsp3) is 0.154. The van der Waals surface area contributed by atoms with Crippen LogP contribution in [0.1, 0.15) is 5.56 Å². The van der Waals surface area contributed by atoms with E-state index >= 15 is 0 Å². The topological polar surface area (TPSA) is 77.2 Å². The molecule has 6 nitrogen and oxygen atoms in total. The molecule has 0 aliphatic rings. The van der Waals surface area contributed by atoms with Crippen molar-refractivity contribution in [2.75, 3.05) is 12.4 Å². The third-order valence-corrected chi connectivity index (χ3v) is 3.46.